The van der Waals surface area contributed by atoms with E-state index in [1.165, 1.54) is 19.3 Å². The number of esters is 2. The molecule has 0 aliphatic carbocycles. The third-order valence-electron chi connectivity index (χ3n) is 11.4. The SMILES string of the molecule is CC/C=C/C/C=C/C/C=C/C/C=C/C/C=C/CCCC(=O)O[C@H](COC(=O)CCCCCCC/C=C/C/C=C/CCCCC)CO[C@H]1O[C@@H](CO[C@H]2O[C@@H](CO)[C@@H](O)C(O)C2O)[C@@H](O)C(O)C1O. The van der Waals surface area contributed by atoms with Crippen LogP contribution in [-0.4, -0.2) is 142 Å². The standard InChI is InChI=1S/C53H86O15/c1-3-5-7-9-11-13-15-17-19-20-22-24-26-28-30-32-34-36-45(56)66-41(38-63-44(55)35-33-31-29-27-25-23-21-18-16-14-12-10-8-6-4-2)39-64-52-51(62)49(60)47(58)43(68-52)40-65-53-50(61)48(59)46(57)42(37-54)67-53/h5,7,11-14,17-19,21-22,24,28,30,41-43,46-54,57-62H,3-4,6,8-10,15-16,20,23,25-27,29,31-40H2,1-2H3/b7-5+,13-11+,14-12+,19-17+,21-18+,24-22+,30-28+/t41-,42+,43+,46-,47-,48?,49?,50?,51?,52+,53+/m1/s1. The van der Waals surface area contributed by atoms with Crippen molar-refractivity contribution in [3.63, 3.8) is 0 Å². The van der Waals surface area contributed by atoms with E-state index in [0.29, 0.717) is 19.3 Å². The number of hydrogen-bond donors (Lipinski definition) is 7. The van der Waals surface area contributed by atoms with E-state index in [0.717, 1.165) is 77.0 Å². The molecule has 2 aliphatic rings. The molecule has 4 unspecified atom stereocenters. The van der Waals surface area contributed by atoms with Crippen molar-refractivity contribution in [1.82, 2.24) is 0 Å². The van der Waals surface area contributed by atoms with Crippen LogP contribution in [0.25, 0.3) is 0 Å². The van der Waals surface area contributed by atoms with Gasteiger partial charge in [0.25, 0.3) is 0 Å². The van der Waals surface area contributed by atoms with Crippen molar-refractivity contribution < 1.29 is 73.8 Å². The smallest absolute Gasteiger partial charge is 0.306 e. The molecule has 0 aromatic carbocycles. The maximum absolute atomic E-state index is 13.0. The summed E-state index contributed by atoms with van der Waals surface area (Å²) in [6.07, 6.45) is 30.4. The first-order valence-electron chi connectivity index (χ1n) is 25.2. The van der Waals surface area contributed by atoms with E-state index in [1.807, 2.05) is 12.2 Å². The van der Waals surface area contributed by atoms with E-state index in [2.05, 4.69) is 86.8 Å². The third kappa shape index (κ3) is 27.2. The molecule has 7 N–H and O–H groups in total. The molecule has 11 atom stereocenters. The summed E-state index contributed by atoms with van der Waals surface area (Å²) in [5.74, 6) is -1.02. The number of carbonyl (C=O) groups excluding carboxylic acids is 2. The Morgan fingerprint density at radius 2 is 0.941 bits per heavy atom. The molecule has 0 bridgehead atoms. The first-order valence-corrected chi connectivity index (χ1v) is 25.2. The number of hydrogen-bond acceptors (Lipinski definition) is 15. The Balaban J connectivity index is 1.86. The molecule has 2 fully saturated rings. The van der Waals surface area contributed by atoms with Gasteiger partial charge in [-0.25, -0.2) is 0 Å². The minimum Gasteiger partial charge on any atom is -0.462 e. The molecular formula is C53H86O15. The number of allylic oxidation sites excluding steroid dienone is 14. The molecule has 2 rings (SSSR count). The molecule has 0 aromatic heterocycles. The number of carbonyl (C=O) groups is 2. The molecule has 388 valence electrons. The second-order valence-corrected chi connectivity index (χ2v) is 17.3. The van der Waals surface area contributed by atoms with Gasteiger partial charge < -0.3 is 64.2 Å². The van der Waals surface area contributed by atoms with Crippen molar-refractivity contribution in [2.75, 3.05) is 26.4 Å². The molecule has 0 spiro atoms. The Labute approximate surface area is 405 Å². The van der Waals surface area contributed by atoms with Crippen LogP contribution in [0.15, 0.2) is 85.1 Å². The highest BCUT2D eigenvalue weighted by molar-refractivity contribution is 5.70. The fourth-order valence-electron chi connectivity index (χ4n) is 7.22. The first kappa shape index (κ1) is 60.8. The largest absolute Gasteiger partial charge is 0.462 e. The lowest BCUT2D eigenvalue weighted by atomic mass is 9.98. The number of rotatable bonds is 37. The molecule has 2 heterocycles. The second-order valence-electron chi connectivity index (χ2n) is 17.3. The van der Waals surface area contributed by atoms with Crippen molar-refractivity contribution in [2.45, 2.75) is 210 Å². The van der Waals surface area contributed by atoms with E-state index in [-0.39, 0.29) is 19.4 Å². The highest BCUT2D eigenvalue weighted by atomic mass is 16.7. The fraction of sp³-hybridized carbons (Fsp3) is 0.698. The summed E-state index contributed by atoms with van der Waals surface area (Å²) in [5, 5.41) is 72.0. The zero-order valence-electron chi connectivity index (χ0n) is 40.8. The summed E-state index contributed by atoms with van der Waals surface area (Å²) in [6, 6.07) is 0. The summed E-state index contributed by atoms with van der Waals surface area (Å²) in [7, 11) is 0. The summed E-state index contributed by atoms with van der Waals surface area (Å²) < 4.78 is 33.5. The Morgan fingerprint density at radius 3 is 1.50 bits per heavy atom. The Hall–Kier alpha value is -3.32. The molecule has 68 heavy (non-hydrogen) atoms. The lowest BCUT2D eigenvalue weighted by molar-refractivity contribution is -0.332. The molecular weight excluding hydrogens is 877 g/mol. The molecule has 0 aromatic rings. The predicted molar refractivity (Wildman–Crippen MR) is 261 cm³/mol. The van der Waals surface area contributed by atoms with Gasteiger partial charge in [0.15, 0.2) is 18.7 Å². The van der Waals surface area contributed by atoms with Crippen molar-refractivity contribution in [3.8, 4) is 0 Å². The van der Waals surface area contributed by atoms with Crippen molar-refractivity contribution in [1.29, 1.82) is 0 Å². The van der Waals surface area contributed by atoms with Crippen LogP contribution in [0, 0.1) is 0 Å². The monoisotopic (exact) mass is 963 g/mol. The Morgan fingerprint density at radius 1 is 0.485 bits per heavy atom. The summed E-state index contributed by atoms with van der Waals surface area (Å²) in [6.45, 7) is 2.35. The first-order chi connectivity index (χ1) is 33.0. The summed E-state index contributed by atoms with van der Waals surface area (Å²) >= 11 is 0. The topological polar surface area (TPSA) is 231 Å². The fourth-order valence-corrected chi connectivity index (χ4v) is 7.22. The maximum Gasteiger partial charge on any atom is 0.306 e. The molecule has 15 heteroatoms. The normalized spacial score (nSPS) is 26.5. The van der Waals surface area contributed by atoms with Gasteiger partial charge >= 0.3 is 11.9 Å². The van der Waals surface area contributed by atoms with E-state index in [4.69, 9.17) is 28.4 Å². The van der Waals surface area contributed by atoms with Gasteiger partial charge in [-0.2, -0.15) is 0 Å². The molecule has 2 saturated heterocycles. The molecule has 0 radical (unpaired) electrons. The van der Waals surface area contributed by atoms with E-state index in [9.17, 15) is 45.3 Å². The van der Waals surface area contributed by atoms with Crippen LogP contribution in [0.2, 0.25) is 0 Å². The highest BCUT2D eigenvalue weighted by Gasteiger charge is 2.47. The number of aliphatic hydroxyl groups excluding tert-OH is 7. The van der Waals surface area contributed by atoms with Crippen LogP contribution in [0.5, 0.6) is 0 Å². The van der Waals surface area contributed by atoms with Crippen LogP contribution >= 0.6 is 0 Å². The van der Waals surface area contributed by atoms with Gasteiger partial charge in [-0.1, -0.05) is 131 Å². The van der Waals surface area contributed by atoms with Gasteiger partial charge in [0.1, 0.15) is 55.4 Å². The lowest BCUT2D eigenvalue weighted by Crippen LogP contribution is -2.61. The minimum absolute atomic E-state index is 0.0789. The van der Waals surface area contributed by atoms with Crippen LogP contribution in [0.1, 0.15) is 142 Å². The molecule has 2 aliphatic heterocycles. The average Bonchev–Trinajstić information content (AvgIpc) is 3.33. The number of unbranched alkanes of at least 4 members (excludes halogenated alkanes) is 9. The Bertz CT molecular complexity index is 1510. The van der Waals surface area contributed by atoms with Gasteiger partial charge in [-0.15, -0.1) is 0 Å². The van der Waals surface area contributed by atoms with Crippen LogP contribution < -0.4 is 0 Å². The minimum atomic E-state index is -1.78. The third-order valence-corrected chi connectivity index (χ3v) is 11.4. The van der Waals surface area contributed by atoms with E-state index >= 15 is 0 Å². The van der Waals surface area contributed by atoms with Crippen LogP contribution in [-0.2, 0) is 38.0 Å². The lowest BCUT2D eigenvalue weighted by Gasteiger charge is -2.42. The quantitative estimate of drug-likeness (QED) is 0.0193. The van der Waals surface area contributed by atoms with Crippen molar-refractivity contribution >= 4 is 11.9 Å². The van der Waals surface area contributed by atoms with Gasteiger partial charge in [-0.3, -0.25) is 9.59 Å². The molecule has 0 saturated carbocycles. The Kier molecular flexibility index (Phi) is 35.2. The van der Waals surface area contributed by atoms with Crippen molar-refractivity contribution in [2.24, 2.45) is 0 Å². The van der Waals surface area contributed by atoms with Crippen LogP contribution in [0.4, 0.5) is 0 Å². The average molecular weight is 963 g/mol. The van der Waals surface area contributed by atoms with Gasteiger partial charge in [-0.05, 0) is 83.5 Å². The van der Waals surface area contributed by atoms with Gasteiger partial charge in [0.2, 0.25) is 0 Å². The van der Waals surface area contributed by atoms with E-state index in [1.54, 1.807) is 0 Å². The maximum atomic E-state index is 13.0. The van der Waals surface area contributed by atoms with Crippen LogP contribution in [0.3, 0.4) is 0 Å². The zero-order valence-corrected chi connectivity index (χ0v) is 40.8. The van der Waals surface area contributed by atoms with Gasteiger partial charge in [0.05, 0.1) is 19.8 Å². The highest BCUT2D eigenvalue weighted by Crippen LogP contribution is 2.26. The molecule has 0 amide bonds. The summed E-state index contributed by atoms with van der Waals surface area (Å²) in [4.78, 5) is 25.7. The van der Waals surface area contributed by atoms with Crippen molar-refractivity contribution in [3.05, 3.63) is 85.1 Å². The molecule has 15 nitrogen and oxygen atoms in total. The second kappa shape index (κ2) is 39.4. The van der Waals surface area contributed by atoms with E-state index < -0.39 is 99.3 Å². The number of ether oxygens (including phenoxy) is 6. The van der Waals surface area contributed by atoms with Gasteiger partial charge in [0, 0.05) is 12.8 Å². The summed E-state index contributed by atoms with van der Waals surface area (Å²) in [5.41, 5.74) is 0. The number of aliphatic hydroxyl groups is 7. The zero-order chi connectivity index (χ0) is 49.6. The predicted octanol–water partition coefficient (Wildman–Crippen LogP) is 6.82.